The smallest absolute Gasteiger partial charge is 0.172 e. The lowest BCUT2D eigenvalue weighted by atomic mass is 9.73. The number of aromatic nitrogens is 1. The number of hydrogen-bond donors (Lipinski definition) is 0. The lowest BCUT2D eigenvalue weighted by Gasteiger charge is -2.34. The van der Waals surface area contributed by atoms with Gasteiger partial charge in [-0.1, -0.05) is 13.8 Å². The van der Waals surface area contributed by atoms with Gasteiger partial charge in [0, 0.05) is 10.7 Å². The van der Waals surface area contributed by atoms with Gasteiger partial charge < -0.3 is 4.74 Å². The Bertz CT molecular complexity index is 449. The van der Waals surface area contributed by atoms with Crippen LogP contribution in [-0.4, -0.2) is 17.9 Å². The van der Waals surface area contributed by atoms with Crippen molar-refractivity contribution in [1.82, 2.24) is 4.98 Å². The van der Waals surface area contributed by atoms with Gasteiger partial charge in [-0.05, 0) is 59.0 Å². The van der Waals surface area contributed by atoms with Crippen molar-refractivity contribution in [2.24, 2.45) is 11.3 Å². The third kappa shape index (κ3) is 4.03. The fourth-order valence-electron chi connectivity index (χ4n) is 2.47. The van der Waals surface area contributed by atoms with Gasteiger partial charge in [-0.3, -0.25) is 4.79 Å². The predicted octanol–water partition coefficient (Wildman–Crippen LogP) is 4.25. The van der Waals surface area contributed by atoms with E-state index in [0.29, 0.717) is 29.4 Å². The van der Waals surface area contributed by atoms with Crippen LogP contribution in [0.25, 0.3) is 0 Å². The molecule has 0 amide bonds. The SMILES string of the molecule is CC1(C)CCC(COc2cc(Br)cnc2C=O)CC1. The van der Waals surface area contributed by atoms with Crippen molar-refractivity contribution in [3.8, 4) is 5.75 Å². The van der Waals surface area contributed by atoms with E-state index in [-0.39, 0.29) is 0 Å². The van der Waals surface area contributed by atoms with Gasteiger partial charge in [0.25, 0.3) is 0 Å². The fourth-order valence-corrected chi connectivity index (χ4v) is 2.78. The van der Waals surface area contributed by atoms with Crippen molar-refractivity contribution >= 4 is 22.2 Å². The average molecular weight is 326 g/mol. The largest absolute Gasteiger partial charge is 0.491 e. The number of carbonyl (C=O) groups excluding carboxylic acids is 1. The number of nitrogens with zero attached hydrogens (tertiary/aromatic N) is 1. The summed E-state index contributed by atoms with van der Waals surface area (Å²) in [6, 6.07) is 1.81. The Hall–Kier alpha value is -0.900. The number of pyridine rings is 1. The normalized spacial score (nSPS) is 19.1. The first kappa shape index (κ1) is 14.5. The molecule has 1 heterocycles. The summed E-state index contributed by atoms with van der Waals surface area (Å²) in [7, 11) is 0. The van der Waals surface area contributed by atoms with Crippen molar-refractivity contribution < 1.29 is 9.53 Å². The first-order valence-electron chi connectivity index (χ1n) is 6.74. The molecule has 104 valence electrons. The van der Waals surface area contributed by atoms with Crippen LogP contribution in [-0.2, 0) is 0 Å². The quantitative estimate of drug-likeness (QED) is 0.777. The maximum absolute atomic E-state index is 10.9. The second-order valence-electron chi connectivity index (χ2n) is 6.07. The number of carbonyl (C=O) groups is 1. The van der Waals surface area contributed by atoms with Crippen LogP contribution in [0.15, 0.2) is 16.7 Å². The van der Waals surface area contributed by atoms with Crippen molar-refractivity contribution in [2.45, 2.75) is 39.5 Å². The molecule has 0 saturated heterocycles. The summed E-state index contributed by atoms with van der Waals surface area (Å²) < 4.78 is 6.62. The summed E-state index contributed by atoms with van der Waals surface area (Å²) in [5, 5.41) is 0. The molecule has 2 rings (SSSR count). The van der Waals surface area contributed by atoms with Crippen LogP contribution in [0.2, 0.25) is 0 Å². The molecule has 0 spiro atoms. The zero-order valence-corrected chi connectivity index (χ0v) is 13.1. The van der Waals surface area contributed by atoms with Gasteiger partial charge in [-0.25, -0.2) is 4.98 Å². The van der Waals surface area contributed by atoms with Gasteiger partial charge in [0.2, 0.25) is 0 Å². The van der Waals surface area contributed by atoms with Crippen molar-refractivity contribution in [3.63, 3.8) is 0 Å². The number of aldehydes is 1. The van der Waals surface area contributed by atoms with Gasteiger partial charge >= 0.3 is 0 Å². The van der Waals surface area contributed by atoms with Gasteiger partial charge in [0.1, 0.15) is 11.4 Å². The Kier molecular flexibility index (Phi) is 4.61. The van der Waals surface area contributed by atoms with E-state index < -0.39 is 0 Å². The van der Waals surface area contributed by atoms with Crippen LogP contribution < -0.4 is 4.74 Å². The number of rotatable bonds is 4. The molecular weight excluding hydrogens is 306 g/mol. The van der Waals surface area contributed by atoms with E-state index in [9.17, 15) is 4.79 Å². The summed E-state index contributed by atoms with van der Waals surface area (Å²) in [5.74, 6) is 1.17. The zero-order chi connectivity index (χ0) is 13.9. The lowest BCUT2D eigenvalue weighted by Crippen LogP contribution is -2.25. The number of ether oxygens (including phenoxy) is 1. The highest BCUT2D eigenvalue weighted by Crippen LogP contribution is 2.38. The van der Waals surface area contributed by atoms with Gasteiger partial charge in [-0.2, -0.15) is 0 Å². The van der Waals surface area contributed by atoms with Crippen LogP contribution in [0.1, 0.15) is 50.0 Å². The molecule has 1 aromatic rings. The topological polar surface area (TPSA) is 39.2 Å². The van der Waals surface area contributed by atoms with Crippen LogP contribution in [0.4, 0.5) is 0 Å². The molecular formula is C15H20BrNO2. The van der Waals surface area contributed by atoms with E-state index in [0.717, 1.165) is 10.8 Å². The molecule has 0 aliphatic heterocycles. The minimum Gasteiger partial charge on any atom is -0.491 e. The Morgan fingerprint density at radius 3 is 2.79 bits per heavy atom. The first-order chi connectivity index (χ1) is 9.00. The van der Waals surface area contributed by atoms with E-state index in [1.54, 1.807) is 6.20 Å². The van der Waals surface area contributed by atoms with Crippen LogP contribution in [0.3, 0.4) is 0 Å². The monoisotopic (exact) mass is 325 g/mol. The van der Waals surface area contributed by atoms with Gasteiger partial charge in [0.05, 0.1) is 6.61 Å². The molecule has 4 heteroatoms. The predicted molar refractivity (Wildman–Crippen MR) is 78.6 cm³/mol. The molecule has 1 aliphatic rings. The van der Waals surface area contributed by atoms with Crippen molar-refractivity contribution in [3.05, 3.63) is 22.4 Å². The first-order valence-corrected chi connectivity index (χ1v) is 7.53. The Morgan fingerprint density at radius 1 is 1.47 bits per heavy atom. The number of hydrogen-bond acceptors (Lipinski definition) is 3. The summed E-state index contributed by atoms with van der Waals surface area (Å²) in [5.41, 5.74) is 0.848. The highest BCUT2D eigenvalue weighted by Gasteiger charge is 2.27. The standard InChI is InChI=1S/C15H20BrNO2/c1-15(2)5-3-11(4-6-15)10-19-14-7-12(16)8-17-13(14)9-18/h7-9,11H,3-6,10H2,1-2H3. The highest BCUT2D eigenvalue weighted by atomic mass is 79.9. The van der Waals surface area contributed by atoms with Gasteiger partial charge in [-0.15, -0.1) is 0 Å². The third-order valence-corrected chi connectivity index (χ3v) is 4.33. The molecule has 19 heavy (non-hydrogen) atoms. The summed E-state index contributed by atoms with van der Waals surface area (Å²) in [4.78, 5) is 15.0. The fraction of sp³-hybridized carbons (Fsp3) is 0.600. The summed E-state index contributed by atoms with van der Waals surface area (Å²) in [6.07, 6.45) is 7.25. The molecule has 0 aromatic carbocycles. The Morgan fingerprint density at radius 2 is 2.16 bits per heavy atom. The van der Waals surface area contributed by atoms with E-state index in [2.05, 4.69) is 34.8 Å². The summed E-state index contributed by atoms with van der Waals surface area (Å²) >= 11 is 3.35. The van der Waals surface area contributed by atoms with E-state index in [1.807, 2.05) is 6.07 Å². The molecule has 1 fully saturated rings. The van der Waals surface area contributed by atoms with E-state index >= 15 is 0 Å². The minimum atomic E-state index is 0.374. The second-order valence-corrected chi connectivity index (χ2v) is 6.99. The van der Waals surface area contributed by atoms with Crippen LogP contribution in [0, 0.1) is 11.3 Å². The van der Waals surface area contributed by atoms with E-state index in [4.69, 9.17) is 4.74 Å². The van der Waals surface area contributed by atoms with Crippen LogP contribution >= 0.6 is 15.9 Å². The molecule has 0 unspecified atom stereocenters. The van der Waals surface area contributed by atoms with Crippen molar-refractivity contribution in [2.75, 3.05) is 6.61 Å². The Labute approximate surface area is 122 Å². The molecule has 0 bridgehead atoms. The highest BCUT2D eigenvalue weighted by molar-refractivity contribution is 9.10. The Balaban J connectivity index is 1.92. The number of halogens is 1. The molecule has 1 aliphatic carbocycles. The van der Waals surface area contributed by atoms with Gasteiger partial charge in [0.15, 0.2) is 6.29 Å². The third-order valence-electron chi connectivity index (χ3n) is 3.89. The van der Waals surface area contributed by atoms with Crippen molar-refractivity contribution in [1.29, 1.82) is 0 Å². The molecule has 0 radical (unpaired) electrons. The zero-order valence-electron chi connectivity index (χ0n) is 11.5. The minimum absolute atomic E-state index is 0.374. The second kappa shape index (κ2) is 6.04. The van der Waals surface area contributed by atoms with E-state index in [1.165, 1.54) is 25.7 Å². The lowest BCUT2D eigenvalue weighted by molar-refractivity contribution is 0.110. The van der Waals surface area contributed by atoms with Crippen LogP contribution in [0.5, 0.6) is 5.75 Å². The molecule has 1 saturated carbocycles. The summed E-state index contributed by atoms with van der Waals surface area (Å²) in [6.45, 7) is 5.33. The maximum atomic E-state index is 10.9. The molecule has 0 N–H and O–H groups in total. The molecule has 1 aromatic heterocycles. The maximum Gasteiger partial charge on any atom is 0.172 e. The average Bonchev–Trinajstić information content (AvgIpc) is 2.38. The molecule has 3 nitrogen and oxygen atoms in total. The molecule has 0 atom stereocenters.